The van der Waals surface area contributed by atoms with Gasteiger partial charge in [-0.25, -0.2) is 0 Å². The lowest BCUT2D eigenvalue weighted by atomic mass is 9.97. The SMILES string of the molecule is COc1ccc(C=O)c(C=O)c1OC1CC2CCC1C2. The number of fused-ring (bicyclic) bond motifs is 2. The number of methoxy groups -OCH3 is 1. The summed E-state index contributed by atoms with van der Waals surface area (Å²) in [6.45, 7) is 0. The fraction of sp³-hybridized carbons (Fsp3) is 0.500. The molecule has 2 fully saturated rings. The summed E-state index contributed by atoms with van der Waals surface area (Å²) >= 11 is 0. The molecule has 0 spiro atoms. The van der Waals surface area contributed by atoms with Crippen LogP contribution in [0, 0.1) is 11.8 Å². The van der Waals surface area contributed by atoms with Gasteiger partial charge in [0.05, 0.1) is 12.7 Å². The third-order valence-corrected chi connectivity index (χ3v) is 4.60. The minimum atomic E-state index is 0.142. The van der Waals surface area contributed by atoms with E-state index in [0.29, 0.717) is 41.1 Å². The summed E-state index contributed by atoms with van der Waals surface area (Å²) in [5.41, 5.74) is 0.640. The van der Waals surface area contributed by atoms with E-state index < -0.39 is 0 Å². The predicted octanol–water partition coefficient (Wildman–Crippen LogP) is 2.89. The van der Waals surface area contributed by atoms with Crippen molar-refractivity contribution in [2.45, 2.75) is 31.8 Å². The molecular formula is C16H18O4. The van der Waals surface area contributed by atoms with E-state index in [1.165, 1.54) is 26.4 Å². The van der Waals surface area contributed by atoms with Gasteiger partial charge in [-0.05, 0) is 49.7 Å². The van der Waals surface area contributed by atoms with E-state index >= 15 is 0 Å². The van der Waals surface area contributed by atoms with E-state index in [1.54, 1.807) is 12.1 Å². The molecule has 2 aliphatic carbocycles. The number of ether oxygens (including phenoxy) is 2. The fourth-order valence-electron chi connectivity index (χ4n) is 3.58. The molecule has 2 aliphatic rings. The van der Waals surface area contributed by atoms with Crippen LogP contribution in [-0.4, -0.2) is 25.8 Å². The Labute approximate surface area is 118 Å². The Hall–Kier alpha value is -1.84. The standard InChI is InChI=1S/C16H18O4/c1-19-14-5-4-12(8-17)13(9-18)16(14)20-15-7-10-2-3-11(15)6-10/h4-5,8-11,15H,2-3,6-7H2,1H3. The van der Waals surface area contributed by atoms with E-state index in [9.17, 15) is 9.59 Å². The molecule has 0 aliphatic heterocycles. The first-order valence-electron chi connectivity index (χ1n) is 7.04. The van der Waals surface area contributed by atoms with Gasteiger partial charge in [0.1, 0.15) is 6.10 Å². The largest absolute Gasteiger partial charge is 0.493 e. The number of carbonyl (C=O) groups is 2. The Morgan fingerprint density at radius 1 is 1.15 bits per heavy atom. The van der Waals surface area contributed by atoms with Gasteiger partial charge in [0.25, 0.3) is 0 Å². The van der Waals surface area contributed by atoms with Crippen molar-refractivity contribution in [3.8, 4) is 11.5 Å². The van der Waals surface area contributed by atoms with E-state index in [-0.39, 0.29) is 6.10 Å². The van der Waals surface area contributed by atoms with Gasteiger partial charge < -0.3 is 9.47 Å². The molecule has 4 heteroatoms. The molecule has 0 N–H and O–H groups in total. The second-order valence-corrected chi connectivity index (χ2v) is 5.67. The van der Waals surface area contributed by atoms with Gasteiger partial charge in [-0.1, -0.05) is 0 Å². The van der Waals surface area contributed by atoms with Crippen LogP contribution in [0.15, 0.2) is 12.1 Å². The summed E-state index contributed by atoms with van der Waals surface area (Å²) in [4.78, 5) is 22.4. The summed E-state index contributed by atoms with van der Waals surface area (Å²) in [6, 6.07) is 3.27. The molecule has 0 heterocycles. The molecule has 3 rings (SSSR count). The van der Waals surface area contributed by atoms with Crippen LogP contribution in [0.4, 0.5) is 0 Å². The lowest BCUT2D eigenvalue weighted by Crippen LogP contribution is -2.24. The Morgan fingerprint density at radius 2 is 2.00 bits per heavy atom. The van der Waals surface area contributed by atoms with Crippen molar-refractivity contribution < 1.29 is 19.1 Å². The van der Waals surface area contributed by atoms with Gasteiger partial charge >= 0.3 is 0 Å². The van der Waals surface area contributed by atoms with Crippen molar-refractivity contribution in [3.63, 3.8) is 0 Å². The first kappa shape index (κ1) is 13.2. The first-order valence-corrected chi connectivity index (χ1v) is 7.04. The van der Waals surface area contributed by atoms with Gasteiger partial charge in [-0.15, -0.1) is 0 Å². The van der Waals surface area contributed by atoms with Crippen LogP contribution in [0.1, 0.15) is 46.4 Å². The summed E-state index contributed by atoms with van der Waals surface area (Å²) in [7, 11) is 1.54. The number of rotatable bonds is 5. The number of carbonyl (C=O) groups excluding carboxylic acids is 2. The molecule has 0 aromatic heterocycles. The summed E-state index contributed by atoms with van der Waals surface area (Å²) in [6.07, 6.45) is 6.24. The molecule has 4 nitrogen and oxygen atoms in total. The van der Waals surface area contributed by atoms with Gasteiger partial charge in [-0.3, -0.25) is 9.59 Å². The van der Waals surface area contributed by atoms with Gasteiger partial charge in [0.2, 0.25) is 0 Å². The van der Waals surface area contributed by atoms with Crippen LogP contribution in [-0.2, 0) is 0 Å². The minimum Gasteiger partial charge on any atom is -0.493 e. The molecule has 106 valence electrons. The van der Waals surface area contributed by atoms with Crippen LogP contribution in [0.2, 0.25) is 0 Å². The summed E-state index contributed by atoms with van der Waals surface area (Å²) in [5.74, 6) is 2.26. The zero-order valence-corrected chi connectivity index (χ0v) is 11.5. The van der Waals surface area contributed by atoms with Crippen molar-refractivity contribution in [1.29, 1.82) is 0 Å². The Bertz CT molecular complexity index is 538. The number of aldehydes is 2. The molecule has 1 aromatic rings. The highest BCUT2D eigenvalue weighted by Crippen LogP contribution is 2.47. The maximum atomic E-state index is 11.3. The molecule has 2 saturated carbocycles. The smallest absolute Gasteiger partial charge is 0.172 e. The van der Waals surface area contributed by atoms with Gasteiger partial charge in [-0.2, -0.15) is 0 Å². The highest BCUT2D eigenvalue weighted by Gasteiger charge is 2.41. The molecule has 0 saturated heterocycles. The molecule has 0 amide bonds. The van der Waals surface area contributed by atoms with Crippen LogP contribution in [0.5, 0.6) is 11.5 Å². The quantitative estimate of drug-likeness (QED) is 0.775. The van der Waals surface area contributed by atoms with Crippen molar-refractivity contribution in [3.05, 3.63) is 23.3 Å². The number of hydrogen-bond donors (Lipinski definition) is 0. The van der Waals surface area contributed by atoms with Crippen LogP contribution >= 0.6 is 0 Å². The predicted molar refractivity (Wildman–Crippen MR) is 73.6 cm³/mol. The highest BCUT2D eigenvalue weighted by atomic mass is 16.5. The lowest BCUT2D eigenvalue weighted by Gasteiger charge is -2.25. The average Bonchev–Trinajstić information content (AvgIpc) is 3.09. The molecule has 3 atom stereocenters. The monoisotopic (exact) mass is 274 g/mol. The lowest BCUT2D eigenvalue weighted by molar-refractivity contribution is 0.107. The maximum absolute atomic E-state index is 11.3. The zero-order valence-electron chi connectivity index (χ0n) is 11.5. The van der Waals surface area contributed by atoms with Gasteiger partial charge in [0, 0.05) is 5.56 Å². The summed E-state index contributed by atoms with van der Waals surface area (Å²) in [5, 5.41) is 0. The Morgan fingerprint density at radius 3 is 2.55 bits per heavy atom. The molecule has 2 bridgehead atoms. The highest BCUT2D eigenvalue weighted by molar-refractivity contribution is 5.94. The second-order valence-electron chi connectivity index (χ2n) is 5.67. The molecule has 1 aromatic carbocycles. The molecule has 20 heavy (non-hydrogen) atoms. The Kier molecular flexibility index (Phi) is 3.47. The van der Waals surface area contributed by atoms with E-state index in [1.807, 2.05) is 0 Å². The maximum Gasteiger partial charge on any atom is 0.172 e. The number of hydrogen-bond acceptors (Lipinski definition) is 4. The van der Waals surface area contributed by atoms with Crippen molar-refractivity contribution >= 4 is 12.6 Å². The van der Waals surface area contributed by atoms with E-state index in [4.69, 9.17) is 9.47 Å². The normalized spacial score (nSPS) is 27.4. The van der Waals surface area contributed by atoms with E-state index in [0.717, 1.165) is 12.3 Å². The average molecular weight is 274 g/mol. The molecular weight excluding hydrogens is 256 g/mol. The Balaban J connectivity index is 1.94. The van der Waals surface area contributed by atoms with Crippen LogP contribution < -0.4 is 9.47 Å². The third kappa shape index (κ3) is 2.09. The van der Waals surface area contributed by atoms with Crippen molar-refractivity contribution in [1.82, 2.24) is 0 Å². The van der Waals surface area contributed by atoms with E-state index in [2.05, 4.69) is 0 Å². The minimum absolute atomic E-state index is 0.142. The van der Waals surface area contributed by atoms with Crippen molar-refractivity contribution in [2.75, 3.05) is 7.11 Å². The topological polar surface area (TPSA) is 52.6 Å². The molecule has 3 unspecified atom stereocenters. The van der Waals surface area contributed by atoms with Gasteiger partial charge in [0.15, 0.2) is 24.1 Å². The van der Waals surface area contributed by atoms with Crippen molar-refractivity contribution in [2.24, 2.45) is 11.8 Å². The second kappa shape index (κ2) is 5.27. The zero-order chi connectivity index (χ0) is 14.1. The van der Waals surface area contributed by atoms with Crippen LogP contribution in [0.25, 0.3) is 0 Å². The third-order valence-electron chi connectivity index (χ3n) is 4.60. The number of benzene rings is 1. The molecule has 0 radical (unpaired) electrons. The summed E-state index contributed by atoms with van der Waals surface area (Å²) < 4.78 is 11.4. The fourth-order valence-corrected chi connectivity index (χ4v) is 3.58. The first-order chi connectivity index (χ1) is 9.76. The van der Waals surface area contributed by atoms with Crippen LogP contribution in [0.3, 0.4) is 0 Å².